The highest BCUT2D eigenvalue weighted by molar-refractivity contribution is 6.08. The van der Waals surface area contributed by atoms with Gasteiger partial charge < -0.3 is 4.74 Å². The summed E-state index contributed by atoms with van der Waals surface area (Å²) >= 11 is 0. The normalized spacial score (nSPS) is 11.1. The minimum Gasteiger partial charge on any atom is -0.422 e. The molecule has 1 amide bonds. The molecule has 0 heterocycles. The van der Waals surface area contributed by atoms with Crippen molar-refractivity contribution in [2.45, 2.75) is 6.92 Å². The highest BCUT2D eigenvalue weighted by atomic mass is 16.5. The molecular formula is C30H22N2O3. The van der Waals surface area contributed by atoms with Crippen molar-refractivity contribution in [1.82, 2.24) is 5.43 Å². The van der Waals surface area contributed by atoms with E-state index >= 15 is 0 Å². The van der Waals surface area contributed by atoms with Gasteiger partial charge in [0.15, 0.2) is 0 Å². The molecule has 5 nitrogen and oxygen atoms in total. The standard InChI is InChI=1S/C30H22N2O3/c1-20-13-15-23(16-14-20)30(34)35-28-18-17-22-8-3-5-11-25(22)27(28)19-31-32-29(33)26-12-6-9-21-7-2-4-10-24(21)26/h2-19H,1H3,(H,32,33). The second kappa shape index (κ2) is 9.61. The van der Waals surface area contributed by atoms with Crippen LogP contribution in [-0.2, 0) is 0 Å². The monoisotopic (exact) mass is 458 g/mol. The van der Waals surface area contributed by atoms with Gasteiger partial charge in [-0.1, -0.05) is 84.4 Å². The number of esters is 1. The van der Waals surface area contributed by atoms with Crippen molar-refractivity contribution in [1.29, 1.82) is 0 Å². The van der Waals surface area contributed by atoms with Crippen LogP contribution in [0.5, 0.6) is 5.75 Å². The Balaban J connectivity index is 1.45. The maximum absolute atomic E-state index is 12.9. The molecule has 0 aliphatic rings. The van der Waals surface area contributed by atoms with Crippen molar-refractivity contribution in [2.24, 2.45) is 5.10 Å². The fourth-order valence-electron chi connectivity index (χ4n) is 3.99. The first-order valence-corrected chi connectivity index (χ1v) is 11.2. The number of carbonyl (C=O) groups excluding carboxylic acids is 2. The Labute approximate surface area is 202 Å². The number of benzene rings is 5. The molecule has 0 saturated carbocycles. The Morgan fingerprint density at radius 3 is 2.17 bits per heavy atom. The van der Waals surface area contributed by atoms with Gasteiger partial charge in [-0.2, -0.15) is 5.10 Å². The van der Waals surface area contributed by atoms with E-state index in [0.29, 0.717) is 22.4 Å². The van der Waals surface area contributed by atoms with Crippen molar-refractivity contribution >= 4 is 39.6 Å². The lowest BCUT2D eigenvalue weighted by Gasteiger charge is -2.11. The summed E-state index contributed by atoms with van der Waals surface area (Å²) in [6.45, 7) is 1.96. The molecule has 0 unspecified atom stereocenters. The van der Waals surface area contributed by atoms with Crippen LogP contribution < -0.4 is 10.2 Å². The lowest BCUT2D eigenvalue weighted by molar-refractivity contribution is 0.0734. The molecule has 0 aliphatic carbocycles. The zero-order chi connectivity index (χ0) is 24.2. The molecule has 0 atom stereocenters. The van der Waals surface area contributed by atoms with Gasteiger partial charge in [-0.3, -0.25) is 4.79 Å². The number of hydrogen-bond acceptors (Lipinski definition) is 4. The van der Waals surface area contributed by atoms with Crippen LogP contribution in [0.3, 0.4) is 0 Å². The topological polar surface area (TPSA) is 67.8 Å². The highest BCUT2D eigenvalue weighted by Gasteiger charge is 2.14. The van der Waals surface area contributed by atoms with Gasteiger partial charge >= 0.3 is 5.97 Å². The zero-order valence-electron chi connectivity index (χ0n) is 19.1. The van der Waals surface area contributed by atoms with Crippen molar-refractivity contribution in [3.05, 3.63) is 125 Å². The van der Waals surface area contributed by atoms with Crippen LogP contribution in [-0.4, -0.2) is 18.1 Å². The van der Waals surface area contributed by atoms with Crippen molar-refractivity contribution in [3.8, 4) is 5.75 Å². The number of ether oxygens (including phenoxy) is 1. The SMILES string of the molecule is Cc1ccc(C(=O)Oc2ccc3ccccc3c2C=NNC(=O)c2cccc3ccccc23)cc1. The first-order chi connectivity index (χ1) is 17.1. The molecule has 0 saturated heterocycles. The number of aryl methyl sites for hydroxylation is 1. The molecule has 0 spiro atoms. The van der Waals surface area contributed by atoms with E-state index in [9.17, 15) is 9.59 Å². The molecule has 0 aliphatic heterocycles. The van der Waals surface area contributed by atoms with E-state index in [0.717, 1.165) is 27.1 Å². The highest BCUT2D eigenvalue weighted by Crippen LogP contribution is 2.27. The van der Waals surface area contributed by atoms with Gasteiger partial charge in [0.1, 0.15) is 5.75 Å². The smallest absolute Gasteiger partial charge is 0.343 e. The fraction of sp³-hybridized carbons (Fsp3) is 0.0333. The molecule has 0 bridgehead atoms. The van der Waals surface area contributed by atoms with Crippen LogP contribution in [0.2, 0.25) is 0 Å². The second-order valence-corrected chi connectivity index (χ2v) is 8.18. The van der Waals surface area contributed by atoms with Crippen molar-refractivity contribution in [3.63, 3.8) is 0 Å². The summed E-state index contributed by atoms with van der Waals surface area (Å²) in [5, 5.41) is 7.85. The van der Waals surface area contributed by atoms with E-state index in [-0.39, 0.29) is 5.91 Å². The van der Waals surface area contributed by atoms with Crippen LogP contribution >= 0.6 is 0 Å². The maximum atomic E-state index is 12.9. The number of fused-ring (bicyclic) bond motifs is 2. The van der Waals surface area contributed by atoms with Crippen LogP contribution in [0.15, 0.2) is 108 Å². The number of amides is 1. The van der Waals surface area contributed by atoms with Crippen LogP contribution in [0, 0.1) is 6.92 Å². The van der Waals surface area contributed by atoms with Crippen LogP contribution in [0.4, 0.5) is 0 Å². The number of nitrogens with one attached hydrogen (secondary N) is 1. The Morgan fingerprint density at radius 1 is 0.743 bits per heavy atom. The quantitative estimate of drug-likeness (QED) is 0.146. The largest absolute Gasteiger partial charge is 0.422 e. The van der Waals surface area contributed by atoms with E-state index in [1.165, 1.54) is 6.21 Å². The number of carbonyl (C=O) groups is 2. The number of rotatable bonds is 5. The third kappa shape index (κ3) is 4.66. The summed E-state index contributed by atoms with van der Waals surface area (Å²) in [7, 11) is 0. The van der Waals surface area contributed by atoms with Crippen LogP contribution in [0.25, 0.3) is 21.5 Å². The summed E-state index contributed by atoms with van der Waals surface area (Å²) in [5.41, 5.74) is 5.26. The molecule has 0 aromatic heterocycles. The zero-order valence-corrected chi connectivity index (χ0v) is 19.1. The molecule has 1 N–H and O–H groups in total. The van der Waals surface area contributed by atoms with E-state index < -0.39 is 5.97 Å². The average molecular weight is 459 g/mol. The summed E-state index contributed by atoms with van der Waals surface area (Å²) < 4.78 is 5.74. The van der Waals surface area contributed by atoms with Gasteiger partial charge in [0.25, 0.3) is 5.91 Å². The van der Waals surface area contributed by atoms with Crippen molar-refractivity contribution < 1.29 is 14.3 Å². The first kappa shape index (κ1) is 22.0. The molecule has 5 heteroatoms. The molecular weight excluding hydrogens is 436 g/mol. The van der Waals surface area contributed by atoms with Gasteiger partial charge in [0.05, 0.1) is 11.8 Å². The lowest BCUT2D eigenvalue weighted by atomic mass is 10.0. The van der Waals surface area contributed by atoms with Gasteiger partial charge in [0.2, 0.25) is 0 Å². The summed E-state index contributed by atoms with van der Waals surface area (Å²) in [4.78, 5) is 25.6. The Kier molecular flexibility index (Phi) is 6.05. The van der Waals surface area contributed by atoms with E-state index in [1.807, 2.05) is 85.8 Å². The summed E-state index contributed by atoms with van der Waals surface area (Å²) in [6.07, 6.45) is 1.52. The minimum atomic E-state index is -0.463. The molecule has 0 radical (unpaired) electrons. The maximum Gasteiger partial charge on any atom is 0.343 e. The molecule has 0 fully saturated rings. The van der Waals surface area contributed by atoms with Gasteiger partial charge in [-0.15, -0.1) is 0 Å². The molecule has 5 aromatic rings. The third-order valence-electron chi connectivity index (χ3n) is 5.81. The summed E-state index contributed by atoms with van der Waals surface area (Å²) in [5.74, 6) is -0.427. The number of nitrogens with zero attached hydrogens (tertiary/aromatic N) is 1. The predicted octanol–water partition coefficient (Wildman–Crippen LogP) is 6.28. The second-order valence-electron chi connectivity index (χ2n) is 8.18. The summed E-state index contributed by atoms with van der Waals surface area (Å²) in [6, 6.07) is 31.8. The fourth-order valence-corrected chi connectivity index (χ4v) is 3.99. The van der Waals surface area contributed by atoms with E-state index in [2.05, 4.69) is 10.5 Å². The Hall–Kier alpha value is -4.77. The Bertz CT molecular complexity index is 1580. The molecule has 5 aromatic carbocycles. The molecule has 5 rings (SSSR count). The van der Waals surface area contributed by atoms with Gasteiger partial charge in [0, 0.05) is 11.1 Å². The van der Waals surface area contributed by atoms with Gasteiger partial charge in [-0.05, 0) is 52.7 Å². The molecule has 170 valence electrons. The van der Waals surface area contributed by atoms with Crippen molar-refractivity contribution in [2.75, 3.05) is 0 Å². The molecule has 35 heavy (non-hydrogen) atoms. The Morgan fingerprint density at radius 2 is 1.40 bits per heavy atom. The lowest BCUT2D eigenvalue weighted by Crippen LogP contribution is -2.18. The van der Waals surface area contributed by atoms with Crippen LogP contribution in [0.1, 0.15) is 31.8 Å². The van der Waals surface area contributed by atoms with E-state index in [4.69, 9.17) is 4.74 Å². The van der Waals surface area contributed by atoms with Gasteiger partial charge in [-0.25, -0.2) is 10.2 Å². The number of hydrazone groups is 1. The minimum absolute atomic E-state index is 0.323. The van der Waals surface area contributed by atoms with E-state index in [1.54, 1.807) is 24.3 Å². The average Bonchev–Trinajstić information content (AvgIpc) is 2.89. The predicted molar refractivity (Wildman–Crippen MR) is 139 cm³/mol. The third-order valence-corrected chi connectivity index (χ3v) is 5.81. The number of hydrogen-bond donors (Lipinski definition) is 1. The first-order valence-electron chi connectivity index (χ1n) is 11.2.